The molecule has 7 nitrogen and oxygen atoms in total. The number of rotatable bonds is 5. The molecule has 0 amide bonds. The number of nitrogens with one attached hydrogen (secondary N) is 1. The average Bonchev–Trinajstić information content (AvgIpc) is 3.56. The lowest BCUT2D eigenvalue weighted by atomic mass is 9.93. The van der Waals surface area contributed by atoms with E-state index >= 15 is 0 Å². The van der Waals surface area contributed by atoms with Crippen molar-refractivity contribution in [3.05, 3.63) is 68.4 Å². The van der Waals surface area contributed by atoms with Gasteiger partial charge in [-0.15, -0.1) is 0 Å². The summed E-state index contributed by atoms with van der Waals surface area (Å²) in [5.41, 5.74) is 5.24. The predicted octanol–water partition coefficient (Wildman–Crippen LogP) is 5.22. The summed E-state index contributed by atoms with van der Waals surface area (Å²) in [5.74, 6) is -1.15. The van der Waals surface area contributed by atoms with Crippen molar-refractivity contribution in [1.29, 1.82) is 0 Å². The highest BCUT2D eigenvalue weighted by Crippen LogP contribution is 2.54. The number of hydrogen-bond donors (Lipinski definition) is 2. The minimum atomic E-state index is -1.15. The van der Waals surface area contributed by atoms with Gasteiger partial charge in [0.05, 0.1) is 17.2 Å². The molecule has 0 unspecified atom stereocenters. The molecule has 1 spiro atoms. The Morgan fingerprint density at radius 2 is 1.88 bits per heavy atom. The molecule has 0 radical (unpaired) electrons. The van der Waals surface area contributed by atoms with Gasteiger partial charge in [0.15, 0.2) is 5.69 Å². The zero-order valence-electron chi connectivity index (χ0n) is 19.7. The SMILES string of the molecule is Cc1cc([C@H](C)Nc2ccc(Cl)nc2C(=O)O)c2cc(N3CCC4(CC3)CC4)c(C)c(=O)n2c1. The molecule has 1 aliphatic carbocycles. The molecule has 5 rings (SSSR count). The maximum atomic E-state index is 13.4. The van der Waals surface area contributed by atoms with Crippen LogP contribution in [0.5, 0.6) is 0 Å². The molecule has 3 aromatic heterocycles. The number of aromatic carboxylic acids is 1. The summed E-state index contributed by atoms with van der Waals surface area (Å²) < 4.78 is 1.71. The smallest absolute Gasteiger partial charge is 0.356 e. The molecular weight excluding hydrogens is 452 g/mol. The number of anilines is 2. The minimum absolute atomic E-state index is 0.0178. The van der Waals surface area contributed by atoms with E-state index in [1.54, 1.807) is 16.5 Å². The number of carbonyl (C=O) groups is 1. The van der Waals surface area contributed by atoms with Crippen molar-refractivity contribution < 1.29 is 9.90 Å². The molecule has 2 fully saturated rings. The Bertz CT molecular complexity index is 1350. The Kier molecular flexibility index (Phi) is 5.55. The van der Waals surface area contributed by atoms with Gasteiger partial charge < -0.3 is 15.3 Å². The van der Waals surface area contributed by atoms with Gasteiger partial charge in [-0.1, -0.05) is 17.7 Å². The van der Waals surface area contributed by atoms with Crippen molar-refractivity contribution >= 4 is 34.5 Å². The summed E-state index contributed by atoms with van der Waals surface area (Å²) in [5, 5.41) is 13.0. The first-order chi connectivity index (χ1) is 16.2. The predicted molar refractivity (Wildman–Crippen MR) is 134 cm³/mol. The Labute approximate surface area is 203 Å². The highest BCUT2D eigenvalue weighted by Gasteiger charge is 2.44. The molecular formula is C26H29ClN4O3. The van der Waals surface area contributed by atoms with Crippen LogP contribution in [0.15, 0.2) is 35.3 Å². The summed E-state index contributed by atoms with van der Waals surface area (Å²) in [6.07, 6.45) is 6.92. The van der Waals surface area contributed by atoms with Crippen molar-refractivity contribution in [2.75, 3.05) is 23.3 Å². The van der Waals surface area contributed by atoms with E-state index in [0.29, 0.717) is 11.1 Å². The lowest BCUT2D eigenvalue weighted by molar-refractivity contribution is 0.0691. The molecule has 2 aliphatic rings. The van der Waals surface area contributed by atoms with E-state index in [1.807, 2.05) is 33.0 Å². The largest absolute Gasteiger partial charge is 0.476 e. The van der Waals surface area contributed by atoms with Gasteiger partial charge in [0.1, 0.15) is 5.15 Å². The van der Waals surface area contributed by atoms with Crippen molar-refractivity contribution in [2.45, 2.75) is 52.5 Å². The van der Waals surface area contributed by atoms with Crippen LogP contribution in [0.1, 0.15) is 65.8 Å². The lowest BCUT2D eigenvalue weighted by Gasteiger charge is -2.35. The number of piperidine rings is 1. The van der Waals surface area contributed by atoms with Gasteiger partial charge in [0, 0.05) is 30.5 Å². The van der Waals surface area contributed by atoms with E-state index in [-0.39, 0.29) is 22.4 Å². The number of hydrogen-bond acceptors (Lipinski definition) is 5. The van der Waals surface area contributed by atoms with Crippen LogP contribution in [0.4, 0.5) is 11.4 Å². The van der Waals surface area contributed by atoms with Crippen LogP contribution >= 0.6 is 11.6 Å². The molecule has 8 heteroatoms. The van der Waals surface area contributed by atoms with Crippen LogP contribution in [0, 0.1) is 19.3 Å². The summed E-state index contributed by atoms with van der Waals surface area (Å²) in [6, 6.07) is 7.07. The van der Waals surface area contributed by atoms with Crippen molar-refractivity contribution in [3.63, 3.8) is 0 Å². The van der Waals surface area contributed by atoms with Crippen molar-refractivity contribution in [2.24, 2.45) is 5.41 Å². The fourth-order valence-electron chi connectivity index (χ4n) is 5.22. The first kappa shape index (κ1) is 22.7. The van der Waals surface area contributed by atoms with Gasteiger partial charge in [-0.05, 0) is 81.2 Å². The molecule has 1 atom stereocenters. The quantitative estimate of drug-likeness (QED) is 0.487. The van der Waals surface area contributed by atoms with Gasteiger partial charge in [-0.25, -0.2) is 9.78 Å². The number of fused-ring (bicyclic) bond motifs is 1. The summed E-state index contributed by atoms with van der Waals surface area (Å²) in [4.78, 5) is 31.4. The van der Waals surface area contributed by atoms with E-state index in [4.69, 9.17) is 11.6 Å². The van der Waals surface area contributed by atoms with Crippen molar-refractivity contribution in [3.8, 4) is 0 Å². The molecule has 4 heterocycles. The normalized spacial score (nSPS) is 17.7. The highest BCUT2D eigenvalue weighted by atomic mass is 35.5. The van der Waals surface area contributed by atoms with Gasteiger partial charge in [0.25, 0.3) is 5.56 Å². The van der Waals surface area contributed by atoms with Crippen LogP contribution in [0.25, 0.3) is 5.52 Å². The van der Waals surface area contributed by atoms with E-state index < -0.39 is 5.97 Å². The number of nitrogens with zero attached hydrogens (tertiary/aromatic N) is 3. The summed E-state index contributed by atoms with van der Waals surface area (Å²) in [7, 11) is 0. The van der Waals surface area contributed by atoms with Gasteiger partial charge in [0.2, 0.25) is 0 Å². The first-order valence-corrected chi connectivity index (χ1v) is 12.1. The first-order valence-electron chi connectivity index (χ1n) is 11.8. The van der Waals surface area contributed by atoms with Crippen LogP contribution in [0.3, 0.4) is 0 Å². The third kappa shape index (κ3) is 4.02. The Hall–Kier alpha value is -3.06. The number of pyridine rings is 3. The van der Waals surface area contributed by atoms with Crippen LogP contribution < -0.4 is 15.8 Å². The summed E-state index contributed by atoms with van der Waals surface area (Å²) >= 11 is 5.91. The third-order valence-electron chi connectivity index (χ3n) is 7.49. The molecule has 3 aromatic rings. The van der Waals surface area contributed by atoms with E-state index in [2.05, 4.69) is 21.3 Å². The Balaban J connectivity index is 1.56. The van der Waals surface area contributed by atoms with Crippen molar-refractivity contribution in [1.82, 2.24) is 9.38 Å². The van der Waals surface area contributed by atoms with Gasteiger partial charge in [-0.3, -0.25) is 9.20 Å². The third-order valence-corrected chi connectivity index (χ3v) is 7.70. The van der Waals surface area contributed by atoms with E-state index in [0.717, 1.165) is 41.0 Å². The second-order valence-electron chi connectivity index (χ2n) is 9.88. The molecule has 2 N–H and O–H groups in total. The fraction of sp³-hybridized carbons (Fsp3) is 0.423. The molecule has 34 heavy (non-hydrogen) atoms. The second-order valence-corrected chi connectivity index (χ2v) is 10.3. The lowest BCUT2D eigenvalue weighted by Crippen LogP contribution is -2.36. The monoisotopic (exact) mass is 480 g/mol. The average molecular weight is 481 g/mol. The number of carboxylic acid groups (broad SMARTS) is 1. The van der Waals surface area contributed by atoms with Gasteiger partial charge in [-0.2, -0.15) is 0 Å². The number of aryl methyl sites for hydroxylation is 1. The molecule has 178 valence electrons. The Morgan fingerprint density at radius 3 is 2.53 bits per heavy atom. The maximum Gasteiger partial charge on any atom is 0.356 e. The fourth-order valence-corrected chi connectivity index (χ4v) is 5.37. The zero-order chi connectivity index (χ0) is 24.2. The molecule has 1 saturated carbocycles. The topological polar surface area (TPSA) is 86.9 Å². The zero-order valence-corrected chi connectivity index (χ0v) is 20.4. The number of aromatic nitrogens is 2. The Morgan fingerprint density at radius 1 is 1.18 bits per heavy atom. The van der Waals surface area contributed by atoms with Crippen LogP contribution in [0.2, 0.25) is 5.15 Å². The second kappa shape index (κ2) is 8.31. The highest BCUT2D eigenvalue weighted by molar-refractivity contribution is 6.29. The number of halogens is 1. The maximum absolute atomic E-state index is 13.4. The molecule has 0 aromatic carbocycles. The van der Waals surface area contributed by atoms with E-state index in [9.17, 15) is 14.7 Å². The molecule has 0 bridgehead atoms. The summed E-state index contributed by atoms with van der Waals surface area (Å²) in [6.45, 7) is 7.77. The van der Waals surface area contributed by atoms with Crippen LogP contribution in [-0.2, 0) is 0 Å². The minimum Gasteiger partial charge on any atom is -0.476 e. The van der Waals surface area contributed by atoms with Crippen LogP contribution in [-0.4, -0.2) is 33.6 Å². The molecule has 1 saturated heterocycles. The standard InChI is InChI=1S/C26H29ClN4O3/c1-15-12-18(17(3)28-19-4-5-22(27)29-23(19)25(33)34)21-13-20(16(2)24(32)31(21)14-15)30-10-8-26(6-7-26)9-11-30/h4-5,12-14,17,28H,6-11H2,1-3H3,(H,33,34)/t17-/m0/s1. The number of carboxylic acids is 1. The van der Waals surface area contributed by atoms with Gasteiger partial charge >= 0.3 is 5.97 Å². The van der Waals surface area contributed by atoms with E-state index in [1.165, 1.54) is 25.7 Å². The molecule has 1 aliphatic heterocycles.